The Balaban J connectivity index is 2.26. The van der Waals surface area contributed by atoms with Crippen LogP contribution in [0.3, 0.4) is 0 Å². The molecule has 3 aromatic heterocycles. The molecular weight excluding hydrogens is 320 g/mol. The molecule has 0 aliphatic heterocycles. The van der Waals surface area contributed by atoms with E-state index >= 15 is 0 Å². The molecule has 3 rings (SSSR count). The molecule has 0 atom stereocenters. The quantitative estimate of drug-likeness (QED) is 0.694. The Morgan fingerprint density at radius 1 is 1.12 bits per heavy atom. The van der Waals surface area contributed by atoms with Gasteiger partial charge in [0, 0.05) is 30.0 Å². The molecule has 0 fully saturated rings. The fraction of sp³-hybridized carbons (Fsp3) is 0.455. The monoisotopic (exact) mass is 350 g/mol. The standard InChI is InChI=1S/C22H30N4/c1-7-16-10-20-21(15(6)12-26(20)14(4)5)25-22(16)17-8-9-18(13(2)3)24-19(17)11-23/h8-10,12-14H,7,11,23H2,1-6H3. The lowest BCUT2D eigenvalue weighted by atomic mass is 9.99. The Morgan fingerprint density at radius 3 is 2.42 bits per heavy atom. The second-order valence-electron chi connectivity index (χ2n) is 7.62. The van der Waals surface area contributed by atoms with Gasteiger partial charge in [0.15, 0.2) is 0 Å². The lowest BCUT2D eigenvalue weighted by molar-refractivity contribution is 0.621. The molecule has 2 N–H and O–H groups in total. The molecule has 0 saturated carbocycles. The third kappa shape index (κ3) is 3.14. The molecule has 0 aliphatic carbocycles. The summed E-state index contributed by atoms with van der Waals surface area (Å²) in [6.07, 6.45) is 3.13. The Kier molecular flexibility index (Phi) is 5.15. The van der Waals surface area contributed by atoms with Crippen LogP contribution in [0.15, 0.2) is 24.4 Å². The highest BCUT2D eigenvalue weighted by molar-refractivity contribution is 5.84. The van der Waals surface area contributed by atoms with Crippen molar-refractivity contribution < 1.29 is 0 Å². The van der Waals surface area contributed by atoms with Gasteiger partial charge in [-0.1, -0.05) is 20.8 Å². The molecule has 3 aromatic rings. The summed E-state index contributed by atoms with van der Waals surface area (Å²) in [4.78, 5) is 9.89. The number of rotatable bonds is 5. The summed E-state index contributed by atoms with van der Waals surface area (Å²) in [5.74, 6) is 0.387. The first-order chi connectivity index (χ1) is 12.4. The molecule has 0 amide bonds. The summed E-state index contributed by atoms with van der Waals surface area (Å²) in [7, 11) is 0. The predicted molar refractivity (Wildman–Crippen MR) is 109 cm³/mol. The van der Waals surface area contributed by atoms with Crippen LogP contribution < -0.4 is 5.73 Å². The van der Waals surface area contributed by atoms with Crippen LogP contribution in [0.2, 0.25) is 0 Å². The normalized spacial score (nSPS) is 11.9. The molecule has 0 saturated heterocycles. The zero-order valence-electron chi connectivity index (χ0n) is 16.8. The van der Waals surface area contributed by atoms with Gasteiger partial charge in [-0.15, -0.1) is 0 Å². The average molecular weight is 351 g/mol. The third-order valence-corrected chi connectivity index (χ3v) is 5.04. The maximum atomic E-state index is 6.04. The van der Waals surface area contributed by atoms with E-state index in [-0.39, 0.29) is 0 Å². The van der Waals surface area contributed by atoms with E-state index in [2.05, 4.69) is 70.5 Å². The summed E-state index contributed by atoms with van der Waals surface area (Å²) in [6.45, 7) is 13.5. The topological polar surface area (TPSA) is 56.7 Å². The minimum Gasteiger partial charge on any atom is -0.343 e. The summed E-state index contributed by atoms with van der Waals surface area (Å²) in [5, 5.41) is 0. The molecule has 0 bridgehead atoms. The van der Waals surface area contributed by atoms with Crippen molar-refractivity contribution in [3.8, 4) is 11.3 Å². The largest absolute Gasteiger partial charge is 0.343 e. The van der Waals surface area contributed by atoms with Crippen molar-refractivity contribution in [1.29, 1.82) is 0 Å². The molecule has 0 spiro atoms. The van der Waals surface area contributed by atoms with Gasteiger partial charge in [-0.2, -0.15) is 0 Å². The highest BCUT2D eigenvalue weighted by atomic mass is 15.0. The predicted octanol–water partition coefficient (Wildman–Crippen LogP) is 5.13. The second-order valence-corrected chi connectivity index (χ2v) is 7.62. The van der Waals surface area contributed by atoms with Gasteiger partial charge >= 0.3 is 0 Å². The summed E-state index contributed by atoms with van der Waals surface area (Å²) < 4.78 is 2.31. The highest BCUT2D eigenvalue weighted by Crippen LogP contribution is 2.32. The lowest BCUT2D eigenvalue weighted by Gasteiger charge is -2.15. The molecule has 4 nitrogen and oxygen atoms in total. The average Bonchev–Trinajstić information content (AvgIpc) is 2.96. The maximum absolute atomic E-state index is 6.04. The molecule has 3 heterocycles. The molecule has 26 heavy (non-hydrogen) atoms. The molecule has 4 heteroatoms. The lowest BCUT2D eigenvalue weighted by Crippen LogP contribution is -2.07. The Morgan fingerprint density at radius 2 is 1.85 bits per heavy atom. The molecular formula is C22H30N4. The van der Waals surface area contributed by atoms with Gasteiger partial charge in [0.25, 0.3) is 0 Å². The van der Waals surface area contributed by atoms with E-state index in [1.807, 2.05) is 0 Å². The van der Waals surface area contributed by atoms with E-state index in [1.165, 1.54) is 16.6 Å². The number of hydrogen-bond acceptors (Lipinski definition) is 3. The smallest absolute Gasteiger partial charge is 0.0917 e. The van der Waals surface area contributed by atoms with Crippen molar-refractivity contribution >= 4 is 11.0 Å². The van der Waals surface area contributed by atoms with E-state index in [0.29, 0.717) is 18.5 Å². The number of fused-ring (bicyclic) bond motifs is 1. The van der Waals surface area contributed by atoms with Gasteiger partial charge < -0.3 is 10.3 Å². The number of pyridine rings is 2. The molecule has 0 unspecified atom stereocenters. The highest BCUT2D eigenvalue weighted by Gasteiger charge is 2.17. The van der Waals surface area contributed by atoms with Crippen LogP contribution in [-0.4, -0.2) is 14.5 Å². The molecule has 0 radical (unpaired) electrons. The van der Waals surface area contributed by atoms with Gasteiger partial charge in [0.05, 0.1) is 22.4 Å². The first-order valence-corrected chi connectivity index (χ1v) is 9.58. The fourth-order valence-corrected chi connectivity index (χ4v) is 3.51. The van der Waals surface area contributed by atoms with Crippen LogP contribution in [0.5, 0.6) is 0 Å². The van der Waals surface area contributed by atoms with Crippen molar-refractivity contribution in [2.24, 2.45) is 5.73 Å². The van der Waals surface area contributed by atoms with Gasteiger partial charge in [0.1, 0.15) is 0 Å². The number of nitrogens with two attached hydrogens (primary N) is 1. The first-order valence-electron chi connectivity index (χ1n) is 9.58. The van der Waals surface area contributed by atoms with Gasteiger partial charge in [-0.3, -0.25) is 4.98 Å². The zero-order chi connectivity index (χ0) is 19.0. The van der Waals surface area contributed by atoms with Gasteiger partial charge in [-0.05, 0) is 62.4 Å². The molecule has 0 aromatic carbocycles. The fourth-order valence-electron chi connectivity index (χ4n) is 3.51. The van der Waals surface area contributed by atoms with Crippen molar-refractivity contribution in [3.63, 3.8) is 0 Å². The SMILES string of the molecule is CCc1cc2c(nc1-c1ccc(C(C)C)nc1CN)c(C)cn2C(C)C. The van der Waals surface area contributed by atoms with E-state index in [1.54, 1.807) is 0 Å². The number of aryl methyl sites for hydroxylation is 2. The van der Waals surface area contributed by atoms with Crippen molar-refractivity contribution in [1.82, 2.24) is 14.5 Å². The van der Waals surface area contributed by atoms with Crippen LogP contribution in [-0.2, 0) is 13.0 Å². The van der Waals surface area contributed by atoms with E-state index in [4.69, 9.17) is 15.7 Å². The summed E-state index contributed by atoms with van der Waals surface area (Å²) in [6, 6.07) is 6.96. The second kappa shape index (κ2) is 7.20. The minimum absolute atomic E-state index is 0.387. The third-order valence-electron chi connectivity index (χ3n) is 5.04. The van der Waals surface area contributed by atoms with E-state index < -0.39 is 0 Å². The maximum Gasteiger partial charge on any atom is 0.0917 e. The van der Waals surface area contributed by atoms with Crippen molar-refractivity contribution in [3.05, 3.63) is 46.9 Å². The Bertz CT molecular complexity index is 935. The van der Waals surface area contributed by atoms with Crippen LogP contribution >= 0.6 is 0 Å². The zero-order valence-corrected chi connectivity index (χ0v) is 16.8. The van der Waals surface area contributed by atoms with Gasteiger partial charge in [-0.25, -0.2) is 4.98 Å². The van der Waals surface area contributed by atoms with E-state index in [0.717, 1.165) is 34.6 Å². The number of aromatic nitrogens is 3. The number of hydrogen-bond donors (Lipinski definition) is 1. The van der Waals surface area contributed by atoms with Crippen molar-refractivity contribution in [2.45, 2.75) is 66.5 Å². The Hall–Kier alpha value is -2.20. The van der Waals surface area contributed by atoms with Crippen LogP contribution in [0.1, 0.15) is 69.1 Å². The minimum atomic E-state index is 0.387. The van der Waals surface area contributed by atoms with Gasteiger partial charge in [0.2, 0.25) is 0 Å². The first kappa shape index (κ1) is 18.6. The number of nitrogens with zero attached hydrogens (tertiary/aromatic N) is 3. The summed E-state index contributed by atoms with van der Waals surface area (Å²) >= 11 is 0. The molecule has 138 valence electrons. The van der Waals surface area contributed by atoms with Crippen LogP contribution in [0.4, 0.5) is 0 Å². The van der Waals surface area contributed by atoms with Crippen molar-refractivity contribution in [2.75, 3.05) is 0 Å². The van der Waals surface area contributed by atoms with Crippen LogP contribution in [0, 0.1) is 6.92 Å². The molecule has 0 aliphatic rings. The van der Waals surface area contributed by atoms with E-state index in [9.17, 15) is 0 Å². The van der Waals surface area contributed by atoms with Crippen LogP contribution in [0.25, 0.3) is 22.3 Å². The summed E-state index contributed by atoms with van der Waals surface area (Å²) in [5.41, 5.74) is 14.9. The Labute approximate surface area is 156 Å².